The second-order valence-electron chi connectivity index (χ2n) is 5.05. The van der Waals surface area contributed by atoms with Crippen molar-refractivity contribution in [1.29, 1.82) is 0 Å². The highest BCUT2D eigenvalue weighted by molar-refractivity contribution is 5.78. The van der Waals surface area contributed by atoms with Crippen molar-refractivity contribution in [2.45, 2.75) is 26.2 Å². The fourth-order valence-corrected chi connectivity index (χ4v) is 2.31. The third-order valence-electron chi connectivity index (χ3n) is 3.53. The van der Waals surface area contributed by atoms with Gasteiger partial charge in [-0.3, -0.25) is 14.9 Å². The molecule has 114 valence electrons. The summed E-state index contributed by atoms with van der Waals surface area (Å²) < 4.78 is 0. The molecule has 2 heterocycles. The number of piperidine rings is 1. The zero-order valence-electron chi connectivity index (χ0n) is 12.0. The minimum atomic E-state index is -0.520. The van der Waals surface area contributed by atoms with Crippen molar-refractivity contribution >= 4 is 17.5 Å². The molecule has 1 aromatic heterocycles. The van der Waals surface area contributed by atoms with Crippen LogP contribution in [0, 0.1) is 16.0 Å². The molecular formula is C13H19N5O3. The normalized spacial score (nSPS) is 15.8. The summed E-state index contributed by atoms with van der Waals surface area (Å²) in [7, 11) is 0. The molecule has 1 N–H and O–H groups in total. The quantitative estimate of drug-likeness (QED) is 0.645. The van der Waals surface area contributed by atoms with Crippen molar-refractivity contribution in [2.24, 2.45) is 5.92 Å². The largest absolute Gasteiger partial charge is 0.356 e. The maximum absolute atomic E-state index is 11.9. The van der Waals surface area contributed by atoms with Gasteiger partial charge < -0.3 is 10.2 Å². The minimum absolute atomic E-state index is 0.0332. The molecule has 0 bridgehead atoms. The summed E-state index contributed by atoms with van der Waals surface area (Å²) in [5, 5.41) is 13.5. The highest BCUT2D eigenvalue weighted by atomic mass is 16.6. The smallest absolute Gasteiger partial charge is 0.305 e. The summed E-state index contributed by atoms with van der Waals surface area (Å²) in [5.41, 5.74) is -0.118. The Labute approximate surface area is 122 Å². The Kier molecular flexibility index (Phi) is 5.02. The lowest BCUT2D eigenvalue weighted by molar-refractivity contribution is -0.385. The average molecular weight is 293 g/mol. The van der Waals surface area contributed by atoms with Gasteiger partial charge >= 0.3 is 5.69 Å². The molecule has 1 fully saturated rings. The molecule has 0 aromatic carbocycles. The van der Waals surface area contributed by atoms with E-state index < -0.39 is 4.92 Å². The Morgan fingerprint density at radius 3 is 2.57 bits per heavy atom. The van der Waals surface area contributed by atoms with Gasteiger partial charge in [0.25, 0.3) is 0 Å². The van der Waals surface area contributed by atoms with Crippen LogP contribution in [0.4, 0.5) is 11.6 Å². The molecule has 1 aliphatic heterocycles. The van der Waals surface area contributed by atoms with Gasteiger partial charge in [0.05, 0.1) is 4.92 Å². The van der Waals surface area contributed by atoms with E-state index in [-0.39, 0.29) is 17.5 Å². The Morgan fingerprint density at radius 2 is 2.05 bits per heavy atom. The molecule has 2 rings (SSSR count). The van der Waals surface area contributed by atoms with Crippen molar-refractivity contribution in [3.63, 3.8) is 0 Å². The molecule has 0 aliphatic carbocycles. The Bertz CT molecular complexity index is 497. The van der Waals surface area contributed by atoms with E-state index in [2.05, 4.69) is 15.3 Å². The minimum Gasteiger partial charge on any atom is -0.356 e. The van der Waals surface area contributed by atoms with Gasteiger partial charge in [0.2, 0.25) is 11.9 Å². The Hall–Kier alpha value is -2.25. The number of amides is 1. The highest BCUT2D eigenvalue weighted by Gasteiger charge is 2.26. The molecule has 0 spiro atoms. The second-order valence-corrected chi connectivity index (χ2v) is 5.05. The van der Waals surface area contributed by atoms with E-state index in [1.54, 1.807) is 0 Å². The molecule has 21 heavy (non-hydrogen) atoms. The van der Waals surface area contributed by atoms with Gasteiger partial charge in [-0.15, -0.1) is 0 Å². The Morgan fingerprint density at radius 1 is 1.43 bits per heavy atom. The number of carbonyl (C=O) groups excluding carboxylic acids is 1. The zero-order valence-corrected chi connectivity index (χ0v) is 12.0. The number of anilines is 1. The van der Waals surface area contributed by atoms with E-state index >= 15 is 0 Å². The van der Waals surface area contributed by atoms with E-state index in [9.17, 15) is 14.9 Å². The highest BCUT2D eigenvalue weighted by Crippen LogP contribution is 2.21. The predicted molar refractivity (Wildman–Crippen MR) is 76.9 cm³/mol. The van der Waals surface area contributed by atoms with E-state index in [1.807, 2.05) is 11.8 Å². The molecule has 1 amide bonds. The first-order valence-corrected chi connectivity index (χ1v) is 7.11. The molecule has 1 aromatic rings. The third-order valence-corrected chi connectivity index (χ3v) is 3.53. The van der Waals surface area contributed by atoms with Crippen LogP contribution in [0.25, 0.3) is 0 Å². The summed E-state index contributed by atoms with van der Waals surface area (Å²) >= 11 is 0. The van der Waals surface area contributed by atoms with Gasteiger partial charge in [0.1, 0.15) is 12.4 Å². The maximum Gasteiger partial charge on any atom is 0.305 e. The fourth-order valence-electron chi connectivity index (χ4n) is 2.31. The van der Waals surface area contributed by atoms with Crippen molar-refractivity contribution in [2.75, 3.05) is 24.5 Å². The lowest BCUT2D eigenvalue weighted by Gasteiger charge is -2.31. The summed E-state index contributed by atoms with van der Waals surface area (Å²) in [6.07, 6.45) is 4.85. The number of nitro groups is 1. The van der Waals surface area contributed by atoms with Gasteiger partial charge in [-0.05, 0) is 19.3 Å². The molecule has 1 aliphatic rings. The molecule has 0 radical (unpaired) electrons. The monoisotopic (exact) mass is 293 g/mol. The topological polar surface area (TPSA) is 101 Å². The van der Waals surface area contributed by atoms with Crippen LogP contribution in [0.15, 0.2) is 12.4 Å². The molecule has 1 saturated heterocycles. The number of nitrogens with one attached hydrogen (secondary N) is 1. The van der Waals surface area contributed by atoms with Crippen molar-refractivity contribution < 1.29 is 9.72 Å². The first-order valence-electron chi connectivity index (χ1n) is 7.11. The predicted octanol–water partition coefficient (Wildman–Crippen LogP) is 1.13. The lowest BCUT2D eigenvalue weighted by atomic mass is 9.96. The van der Waals surface area contributed by atoms with Crippen LogP contribution in [-0.4, -0.2) is 40.4 Å². The number of hydrogen-bond donors (Lipinski definition) is 1. The van der Waals surface area contributed by atoms with Crippen LogP contribution >= 0.6 is 0 Å². The molecule has 0 unspecified atom stereocenters. The van der Waals surface area contributed by atoms with Crippen LogP contribution in [0.3, 0.4) is 0 Å². The average Bonchev–Trinajstić information content (AvgIpc) is 2.53. The summed E-state index contributed by atoms with van der Waals surface area (Å²) in [4.78, 5) is 31.9. The standard InChI is InChI=1S/C13H19N5O3/c1-2-5-14-12(19)10-3-6-17(7-4-10)13-15-8-11(9-16-13)18(20)21/h8-10H,2-7H2,1H3,(H,14,19). The maximum atomic E-state index is 11.9. The van der Waals surface area contributed by atoms with Gasteiger partial charge in [-0.1, -0.05) is 6.92 Å². The first-order chi connectivity index (χ1) is 10.1. The summed E-state index contributed by atoms with van der Waals surface area (Å²) in [5.74, 6) is 0.625. The molecule has 8 heteroatoms. The number of hydrogen-bond acceptors (Lipinski definition) is 6. The second kappa shape index (κ2) is 6.96. The van der Waals surface area contributed by atoms with Gasteiger partial charge in [0, 0.05) is 25.6 Å². The summed E-state index contributed by atoms with van der Waals surface area (Å²) in [6, 6.07) is 0. The molecular weight excluding hydrogens is 274 g/mol. The van der Waals surface area contributed by atoms with Crippen molar-refractivity contribution in [3.8, 4) is 0 Å². The molecule has 0 atom stereocenters. The number of aromatic nitrogens is 2. The van der Waals surface area contributed by atoms with Crippen LogP contribution < -0.4 is 10.2 Å². The van der Waals surface area contributed by atoms with E-state index in [0.717, 1.165) is 19.3 Å². The van der Waals surface area contributed by atoms with Crippen LogP contribution in [-0.2, 0) is 4.79 Å². The number of nitrogens with zero attached hydrogens (tertiary/aromatic N) is 4. The number of carbonyl (C=O) groups is 1. The molecule has 8 nitrogen and oxygen atoms in total. The Balaban J connectivity index is 1.88. The van der Waals surface area contributed by atoms with E-state index in [0.29, 0.717) is 25.6 Å². The fraction of sp³-hybridized carbons (Fsp3) is 0.615. The summed E-state index contributed by atoms with van der Waals surface area (Å²) in [6.45, 7) is 4.10. The lowest BCUT2D eigenvalue weighted by Crippen LogP contribution is -2.41. The molecule has 0 saturated carbocycles. The van der Waals surface area contributed by atoms with Crippen LogP contribution in [0.2, 0.25) is 0 Å². The van der Waals surface area contributed by atoms with E-state index in [4.69, 9.17) is 0 Å². The van der Waals surface area contributed by atoms with Gasteiger partial charge in [-0.2, -0.15) is 0 Å². The van der Waals surface area contributed by atoms with Crippen molar-refractivity contribution in [1.82, 2.24) is 15.3 Å². The number of rotatable bonds is 5. The van der Waals surface area contributed by atoms with Gasteiger partial charge in [-0.25, -0.2) is 9.97 Å². The first kappa shape index (κ1) is 15.1. The zero-order chi connectivity index (χ0) is 15.2. The third kappa shape index (κ3) is 3.87. The van der Waals surface area contributed by atoms with Crippen molar-refractivity contribution in [3.05, 3.63) is 22.5 Å². The van der Waals surface area contributed by atoms with Gasteiger partial charge in [0.15, 0.2) is 0 Å². The SMILES string of the molecule is CCCNC(=O)C1CCN(c2ncc([N+](=O)[O-])cn2)CC1. The van der Waals surface area contributed by atoms with Crippen LogP contribution in [0.5, 0.6) is 0 Å². The van der Waals surface area contributed by atoms with Crippen LogP contribution in [0.1, 0.15) is 26.2 Å². The van der Waals surface area contributed by atoms with E-state index in [1.165, 1.54) is 12.4 Å².